The number of aryl methyl sites for hydroxylation is 1. The van der Waals surface area contributed by atoms with E-state index < -0.39 is 0 Å². The lowest BCUT2D eigenvalue weighted by molar-refractivity contribution is 0.101. The molecular weight excluding hydrogens is 192 g/mol. The van der Waals surface area contributed by atoms with Gasteiger partial charge in [0.25, 0.3) is 0 Å². The molecule has 4 nitrogen and oxygen atoms in total. The van der Waals surface area contributed by atoms with Crippen LogP contribution in [0.15, 0.2) is 18.3 Å². The Morgan fingerprint density at radius 2 is 2.20 bits per heavy atom. The Morgan fingerprint density at radius 3 is 2.80 bits per heavy atom. The van der Waals surface area contributed by atoms with Gasteiger partial charge in [-0.1, -0.05) is 0 Å². The van der Waals surface area contributed by atoms with E-state index in [2.05, 4.69) is 4.98 Å². The largest absolute Gasteiger partial charge is 0.416 e. The van der Waals surface area contributed by atoms with Gasteiger partial charge < -0.3 is 4.84 Å². The first-order valence-electron chi connectivity index (χ1n) is 4.67. The van der Waals surface area contributed by atoms with Crippen molar-refractivity contribution < 1.29 is 9.63 Å². The second-order valence-corrected chi connectivity index (χ2v) is 3.43. The number of nitrogens with zero attached hydrogens (tertiary/aromatic N) is 2. The fraction of sp³-hybridized carbons (Fsp3) is 0.273. The molecule has 0 aromatic carbocycles. The van der Waals surface area contributed by atoms with Crippen molar-refractivity contribution in [2.24, 2.45) is 0 Å². The molecule has 0 aliphatic heterocycles. The molecule has 0 N–H and O–H groups in total. The van der Waals surface area contributed by atoms with E-state index in [1.807, 2.05) is 19.1 Å². The van der Waals surface area contributed by atoms with Gasteiger partial charge in [0.2, 0.25) is 0 Å². The minimum absolute atomic E-state index is 0.0152. The van der Waals surface area contributed by atoms with E-state index >= 15 is 0 Å². The van der Waals surface area contributed by atoms with E-state index in [9.17, 15) is 4.79 Å². The standard InChI is InChI=1S/C11H12N2O2/c1-7-4-5-9-10(8(2)14)6-13(15-3)11(9)12-7/h4-6H,1-3H3. The van der Waals surface area contributed by atoms with E-state index in [-0.39, 0.29) is 5.78 Å². The Balaban J connectivity index is 2.81. The van der Waals surface area contributed by atoms with Crippen LogP contribution >= 0.6 is 0 Å². The summed E-state index contributed by atoms with van der Waals surface area (Å²) in [6.45, 7) is 3.44. The molecule has 4 heteroatoms. The second kappa shape index (κ2) is 3.38. The number of carbonyl (C=O) groups is 1. The molecule has 0 saturated heterocycles. The molecule has 0 spiro atoms. The molecular formula is C11H12N2O2. The van der Waals surface area contributed by atoms with Crippen molar-refractivity contribution in [1.82, 2.24) is 9.71 Å². The van der Waals surface area contributed by atoms with Crippen LogP contribution in [0.25, 0.3) is 11.0 Å². The molecule has 0 amide bonds. The number of carbonyl (C=O) groups excluding carboxylic acids is 1. The lowest BCUT2D eigenvalue weighted by Gasteiger charge is -2.00. The van der Waals surface area contributed by atoms with Crippen molar-refractivity contribution in [1.29, 1.82) is 0 Å². The summed E-state index contributed by atoms with van der Waals surface area (Å²) < 4.78 is 1.51. The molecule has 0 radical (unpaired) electrons. The van der Waals surface area contributed by atoms with Gasteiger partial charge in [-0.25, -0.2) is 4.98 Å². The zero-order chi connectivity index (χ0) is 11.0. The lowest BCUT2D eigenvalue weighted by atomic mass is 10.1. The molecule has 0 unspecified atom stereocenters. The van der Waals surface area contributed by atoms with E-state index in [1.165, 1.54) is 11.7 Å². The molecule has 0 saturated carbocycles. The summed E-state index contributed by atoms with van der Waals surface area (Å²) in [5.41, 5.74) is 2.22. The third kappa shape index (κ3) is 1.48. The molecule has 0 aliphatic rings. The highest BCUT2D eigenvalue weighted by molar-refractivity contribution is 6.06. The number of pyridine rings is 1. The number of hydrogen-bond acceptors (Lipinski definition) is 3. The summed E-state index contributed by atoms with van der Waals surface area (Å²) >= 11 is 0. The first kappa shape index (κ1) is 9.71. The first-order valence-corrected chi connectivity index (χ1v) is 4.67. The molecule has 2 heterocycles. The maximum absolute atomic E-state index is 11.4. The maximum Gasteiger partial charge on any atom is 0.176 e. The predicted molar refractivity (Wildman–Crippen MR) is 57.0 cm³/mol. The zero-order valence-corrected chi connectivity index (χ0v) is 8.94. The molecule has 0 bridgehead atoms. The summed E-state index contributed by atoms with van der Waals surface area (Å²) in [6, 6.07) is 3.78. The number of hydrogen-bond donors (Lipinski definition) is 0. The average molecular weight is 204 g/mol. The van der Waals surface area contributed by atoms with Gasteiger partial charge in [0.15, 0.2) is 11.4 Å². The monoisotopic (exact) mass is 204 g/mol. The van der Waals surface area contributed by atoms with E-state index in [0.717, 1.165) is 11.1 Å². The van der Waals surface area contributed by atoms with E-state index in [4.69, 9.17) is 4.84 Å². The van der Waals surface area contributed by atoms with Crippen LogP contribution in [0.1, 0.15) is 23.0 Å². The van der Waals surface area contributed by atoms with Crippen LogP contribution in [-0.2, 0) is 0 Å². The fourth-order valence-electron chi connectivity index (χ4n) is 1.59. The number of rotatable bonds is 2. The fourth-order valence-corrected chi connectivity index (χ4v) is 1.59. The molecule has 78 valence electrons. The van der Waals surface area contributed by atoms with Crippen molar-refractivity contribution in [2.75, 3.05) is 7.11 Å². The minimum Gasteiger partial charge on any atom is -0.416 e. The summed E-state index contributed by atoms with van der Waals surface area (Å²) in [5.74, 6) is 0.0152. The van der Waals surface area contributed by atoms with Crippen molar-refractivity contribution in [2.45, 2.75) is 13.8 Å². The van der Waals surface area contributed by atoms with Crippen LogP contribution in [0.4, 0.5) is 0 Å². The summed E-state index contributed by atoms with van der Waals surface area (Å²) in [7, 11) is 1.55. The Labute approximate surface area is 87.4 Å². The second-order valence-electron chi connectivity index (χ2n) is 3.43. The van der Waals surface area contributed by atoms with Crippen LogP contribution in [0, 0.1) is 6.92 Å². The third-order valence-corrected chi connectivity index (χ3v) is 2.34. The van der Waals surface area contributed by atoms with Crippen molar-refractivity contribution in [3.8, 4) is 0 Å². The van der Waals surface area contributed by atoms with Gasteiger partial charge in [-0.05, 0) is 26.0 Å². The Hall–Kier alpha value is -1.84. The average Bonchev–Trinajstić information content (AvgIpc) is 2.55. The molecule has 15 heavy (non-hydrogen) atoms. The SMILES string of the molecule is COn1cc(C(C)=O)c2ccc(C)nc21. The van der Waals surface area contributed by atoms with E-state index in [1.54, 1.807) is 13.3 Å². The topological polar surface area (TPSA) is 44.1 Å². The van der Waals surface area contributed by atoms with Crippen LogP contribution < -0.4 is 4.84 Å². The first-order chi connectivity index (χ1) is 7.13. The highest BCUT2D eigenvalue weighted by Crippen LogP contribution is 2.19. The predicted octanol–water partition coefficient (Wildman–Crippen LogP) is 1.61. The van der Waals surface area contributed by atoms with Gasteiger partial charge in [-0.3, -0.25) is 4.79 Å². The van der Waals surface area contributed by atoms with E-state index in [0.29, 0.717) is 11.2 Å². The Kier molecular flexibility index (Phi) is 2.19. The third-order valence-electron chi connectivity index (χ3n) is 2.34. The highest BCUT2D eigenvalue weighted by Gasteiger charge is 2.13. The Bertz CT molecular complexity index is 529. The van der Waals surface area contributed by atoms with Crippen molar-refractivity contribution in [3.05, 3.63) is 29.6 Å². The van der Waals surface area contributed by atoms with Crippen LogP contribution in [0.5, 0.6) is 0 Å². The van der Waals surface area contributed by atoms with Crippen molar-refractivity contribution in [3.63, 3.8) is 0 Å². The lowest BCUT2D eigenvalue weighted by Crippen LogP contribution is -2.04. The minimum atomic E-state index is 0.0152. The number of fused-ring (bicyclic) bond motifs is 1. The maximum atomic E-state index is 11.4. The van der Waals surface area contributed by atoms with Crippen LogP contribution in [-0.4, -0.2) is 22.6 Å². The van der Waals surface area contributed by atoms with Crippen molar-refractivity contribution >= 4 is 16.8 Å². The number of aromatic nitrogens is 2. The quantitative estimate of drug-likeness (QED) is 0.698. The number of ketones is 1. The normalized spacial score (nSPS) is 10.6. The smallest absolute Gasteiger partial charge is 0.176 e. The molecule has 0 aliphatic carbocycles. The Morgan fingerprint density at radius 1 is 1.47 bits per heavy atom. The van der Waals surface area contributed by atoms with Crippen LogP contribution in [0.3, 0.4) is 0 Å². The molecule has 2 rings (SSSR count). The van der Waals surface area contributed by atoms with Gasteiger partial charge >= 0.3 is 0 Å². The van der Waals surface area contributed by atoms with Gasteiger partial charge in [0.05, 0.1) is 6.20 Å². The molecule has 0 atom stereocenters. The van der Waals surface area contributed by atoms with Gasteiger partial charge in [0, 0.05) is 16.6 Å². The highest BCUT2D eigenvalue weighted by atomic mass is 16.6. The van der Waals surface area contributed by atoms with Gasteiger partial charge in [-0.2, -0.15) is 4.73 Å². The van der Waals surface area contributed by atoms with Gasteiger partial charge in [0.1, 0.15) is 7.11 Å². The summed E-state index contributed by atoms with van der Waals surface area (Å²) in [5, 5.41) is 0.829. The van der Waals surface area contributed by atoms with Crippen LogP contribution in [0.2, 0.25) is 0 Å². The molecule has 0 fully saturated rings. The molecule has 2 aromatic rings. The number of Topliss-reactive ketones (excluding diaryl/α,β-unsaturated/α-hetero) is 1. The zero-order valence-electron chi connectivity index (χ0n) is 8.94. The summed E-state index contributed by atoms with van der Waals surface area (Å²) in [6.07, 6.45) is 1.67. The summed E-state index contributed by atoms with van der Waals surface area (Å²) in [4.78, 5) is 20.8. The molecule has 2 aromatic heterocycles. The van der Waals surface area contributed by atoms with Gasteiger partial charge in [-0.15, -0.1) is 0 Å².